The van der Waals surface area contributed by atoms with Crippen LogP contribution in [-0.2, 0) is 12.4 Å². The minimum atomic E-state index is -4.96. The zero-order valence-electron chi connectivity index (χ0n) is 10.8. The summed E-state index contributed by atoms with van der Waals surface area (Å²) in [7, 11) is 0. The Morgan fingerprint density at radius 2 is 1.41 bits per heavy atom. The number of alkyl halides is 6. The van der Waals surface area contributed by atoms with Crippen molar-refractivity contribution >= 4 is 0 Å². The van der Waals surface area contributed by atoms with Crippen LogP contribution in [0.1, 0.15) is 28.5 Å². The maximum Gasteiger partial charge on any atom is 0.416 e. The molecule has 0 radical (unpaired) electrons. The highest BCUT2D eigenvalue weighted by Gasteiger charge is 2.37. The van der Waals surface area contributed by atoms with E-state index in [0.29, 0.717) is 12.1 Å². The van der Waals surface area contributed by atoms with Gasteiger partial charge in [-0.3, -0.25) is 4.98 Å². The summed E-state index contributed by atoms with van der Waals surface area (Å²) in [6, 6.07) is 5.24. The van der Waals surface area contributed by atoms with Gasteiger partial charge in [-0.05, 0) is 35.9 Å². The third-order valence-corrected chi connectivity index (χ3v) is 2.89. The molecule has 0 saturated carbocycles. The van der Waals surface area contributed by atoms with Crippen LogP contribution >= 0.6 is 0 Å². The molecule has 0 saturated heterocycles. The lowest BCUT2D eigenvalue weighted by Gasteiger charge is -2.17. The maximum atomic E-state index is 12.7. The number of aliphatic hydroxyl groups is 1. The molecule has 0 unspecified atom stereocenters. The highest BCUT2D eigenvalue weighted by atomic mass is 19.4. The van der Waals surface area contributed by atoms with E-state index in [1.54, 1.807) is 0 Å². The summed E-state index contributed by atoms with van der Waals surface area (Å²) in [5.41, 5.74) is -3.53. The fourth-order valence-corrected chi connectivity index (χ4v) is 1.85. The summed E-state index contributed by atoms with van der Waals surface area (Å²) in [6.45, 7) is 0. The van der Waals surface area contributed by atoms with E-state index in [0.717, 1.165) is 0 Å². The Balaban J connectivity index is 2.56. The summed E-state index contributed by atoms with van der Waals surface area (Å²) in [5.74, 6) is 0. The SMILES string of the molecule is O[C@@H](c1cc(C(F)(F)F)cc(C(F)(F)F)c1)c1ccccn1. The molecule has 0 aliphatic carbocycles. The second-order valence-corrected chi connectivity index (χ2v) is 4.50. The molecule has 0 bridgehead atoms. The average Bonchev–Trinajstić information content (AvgIpc) is 2.45. The lowest BCUT2D eigenvalue weighted by atomic mass is 9.99. The quantitative estimate of drug-likeness (QED) is 0.841. The van der Waals surface area contributed by atoms with E-state index in [9.17, 15) is 31.4 Å². The van der Waals surface area contributed by atoms with E-state index in [-0.39, 0.29) is 11.8 Å². The van der Waals surface area contributed by atoms with Gasteiger partial charge in [0.15, 0.2) is 0 Å². The molecule has 0 aliphatic heterocycles. The Kier molecular flexibility index (Phi) is 4.15. The Hall–Kier alpha value is -2.09. The van der Waals surface area contributed by atoms with Crippen molar-refractivity contribution in [2.24, 2.45) is 0 Å². The van der Waals surface area contributed by atoms with Gasteiger partial charge in [-0.2, -0.15) is 26.3 Å². The molecular weight excluding hydrogens is 312 g/mol. The van der Waals surface area contributed by atoms with Gasteiger partial charge >= 0.3 is 12.4 Å². The van der Waals surface area contributed by atoms with Gasteiger partial charge in [-0.1, -0.05) is 6.07 Å². The fourth-order valence-electron chi connectivity index (χ4n) is 1.85. The van der Waals surface area contributed by atoms with Crippen LogP contribution in [0, 0.1) is 0 Å². The highest BCUT2D eigenvalue weighted by molar-refractivity contribution is 5.37. The normalized spacial score (nSPS) is 14.0. The van der Waals surface area contributed by atoms with Gasteiger partial charge in [0.25, 0.3) is 0 Å². The number of hydrogen-bond donors (Lipinski definition) is 1. The van der Waals surface area contributed by atoms with Crippen molar-refractivity contribution in [2.45, 2.75) is 18.5 Å². The first-order valence-corrected chi connectivity index (χ1v) is 5.97. The Labute approximate surface area is 121 Å². The lowest BCUT2D eigenvalue weighted by molar-refractivity contribution is -0.143. The van der Waals surface area contributed by atoms with Gasteiger partial charge in [0, 0.05) is 6.20 Å². The summed E-state index contributed by atoms with van der Waals surface area (Å²) >= 11 is 0. The third kappa shape index (κ3) is 3.56. The van der Waals surface area contributed by atoms with Crippen LogP contribution < -0.4 is 0 Å². The number of halogens is 6. The first-order valence-electron chi connectivity index (χ1n) is 5.97. The number of hydrogen-bond acceptors (Lipinski definition) is 2. The van der Waals surface area contributed by atoms with E-state index in [1.165, 1.54) is 24.4 Å². The van der Waals surface area contributed by atoms with Crippen LogP contribution in [0.15, 0.2) is 42.6 Å². The zero-order valence-corrected chi connectivity index (χ0v) is 10.8. The summed E-state index contributed by atoms with van der Waals surface area (Å²) in [4.78, 5) is 3.73. The fraction of sp³-hybridized carbons (Fsp3) is 0.214. The Morgan fingerprint density at radius 3 is 1.82 bits per heavy atom. The average molecular weight is 321 g/mol. The molecule has 118 valence electrons. The van der Waals surface area contributed by atoms with Crippen molar-refractivity contribution in [1.29, 1.82) is 0 Å². The van der Waals surface area contributed by atoms with E-state index >= 15 is 0 Å². The van der Waals surface area contributed by atoms with Gasteiger partial charge in [0.05, 0.1) is 16.8 Å². The number of aromatic nitrogens is 1. The standard InChI is InChI=1S/C14H9F6NO/c15-13(16,17)9-5-8(6-10(7-9)14(18,19)20)12(22)11-3-1-2-4-21-11/h1-7,12,22H/t12-/m0/s1. The first-order chi connectivity index (χ1) is 10.1. The summed E-state index contributed by atoms with van der Waals surface area (Å²) in [6.07, 6.45) is -10.3. The lowest BCUT2D eigenvalue weighted by Crippen LogP contribution is -2.13. The minimum Gasteiger partial charge on any atom is -0.382 e. The monoisotopic (exact) mass is 321 g/mol. The van der Waals surface area contributed by atoms with Crippen LogP contribution in [-0.4, -0.2) is 10.1 Å². The molecule has 2 rings (SSSR count). The zero-order chi connectivity index (χ0) is 16.5. The second kappa shape index (κ2) is 5.60. The van der Waals surface area contributed by atoms with Gasteiger partial charge < -0.3 is 5.11 Å². The molecule has 0 aliphatic rings. The summed E-state index contributed by atoms with van der Waals surface area (Å²) in [5, 5.41) is 9.98. The third-order valence-electron chi connectivity index (χ3n) is 2.89. The van der Waals surface area contributed by atoms with Crippen LogP contribution in [0.4, 0.5) is 26.3 Å². The van der Waals surface area contributed by atoms with E-state index in [4.69, 9.17) is 0 Å². The van der Waals surface area contributed by atoms with Crippen LogP contribution in [0.3, 0.4) is 0 Å². The molecule has 1 aromatic heterocycles. The number of aliphatic hydroxyl groups excluding tert-OH is 1. The molecule has 1 N–H and O–H groups in total. The molecule has 2 nitrogen and oxygen atoms in total. The van der Waals surface area contributed by atoms with Gasteiger partial charge in [-0.15, -0.1) is 0 Å². The van der Waals surface area contributed by atoms with Crippen LogP contribution in [0.25, 0.3) is 0 Å². The number of benzene rings is 1. The Bertz CT molecular complexity index is 618. The van der Waals surface area contributed by atoms with Crippen molar-refractivity contribution in [3.63, 3.8) is 0 Å². The maximum absolute atomic E-state index is 12.7. The molecular formula is C14H9F6NO. The molecule has 0 amide bonds. The largest absolute Gasteiger partial charge is 0.416 e. The molecule has 8 heteroatoms. The molecule has 1 aromatic carbocycles. The molecule has 1 heterocycles. The van der Waals surface area contributed by atoms with Crippen molar-refractivity contribution in [2.75, 3.05) is 0 Å². The topological polar surface area (TPSA) is 33.1 Å². The van der Waals surface area contributed by atoms with Gasteiger partial charge in [0.2, 0.25) is 0 Å². The van der Waals surface area contributed by atoms with Crippen molar-refractivity contribution in [3.05, 3.63) is 65.0 Å². The first kappa shape index (κ1) is 16.3. The number of pyridine rings is 1. The number of nitrogens with zero attached hydrogens (tertiary/aromatic N) is 1. The Morgan fingerprint density at radius 1 is 0.864 bits per heavy atom. The van der Waals surface area contributed by atoms with Crippen molar-refractivity contribution in [3.8, 4) is 0 Å². The predicted molar refractivity (Wildman–Crippen MR) is 64.7 cm³/mol. The predicted octanol–water partition coefficient (Wildman–Crippen LogP) is 4.20. The van der Waals surface area contributed by atoms with Crippen molar-refractivity contribution < 1.29 is 31.4 Å². The van der Waals surface area contributed by atoms with Gasteiger partial charge in [-0.25, -0.2) is 0 Å². The molecule has 2 aromatic rings. The van der Waals surface area contributed by atoms with E-state index in [1.807, 2.05) is 0 Å². The molecule has 0 fully saturated rings. The molecule has 0 spiro atoms. The smallest absolute Gasteiger partial charge is 0.382 e. The second-order valence-electron chi connectivity index (χ2n) is 4.50. The van der Waals surface area contributed by atoms with Crippen LogP contribution in [0.2, 0.25) is 0 Å². The van der Waals surface area contributed by atoms with Crippen molar-refractivity contribution in [1.82, 2.24) is 4.98 Å². The van der Waals surface area contributed by atoms with Gasteiger partial charge in [0.1, 0.15) is 6.10 Å². The van der Waals surface area contributed by atoms with Crippen LogP contribution in [0.5, 0.6) is 0 Å². The summed E-state index contributed by atoms with van der Waals surface area (Å²) < 4.78 is 76.4. The van der Waals surface area contributed by atoms with E-state index < -0.39 is 35.1 Å². The number of rotatable bonds is 2. The molecule has 1 atom stereocenters. The highest BCUT2D eigenvalue weighted by Crippen LogP contribution is 2.38. The molecule has 22 heavy (non-hydrogen) atoms. The minimum absolute atomic E-state index is 0.00857. The van der Waals surface area contributed by atoms with E-state index in [2.05, 4.69) is 4.98 Å².